The number of hydrogen-bond donors (Lipinski definition) is 2. The van der Waals surface area contributed by atoms with Gasteiger partial charge in [-0.3, -0.25) is 9.59 Å². The Morgan fingerprint density at radius 3 is 1.10 bits per heavy atom. The van der Waals surface area contributed by atoms with E-state index in [1.807, 2.05) is 38.1 Å². The van der Waals surface area contributed by atoms with Crippen LogP contribution < -0.4 is 0 Å². The second kappa shape index (κ2) is 33.7. The summed E-state index contributed by atoms with van der Waals surface area (Å²) in [6.07, 6.45) is 34.5. The van der Waals surface area contributed by atoms with Crippen molar-refractivity contribution in [3.63, 3.8) is 0 Å². The highest BCUT2D eigenvalue weighted by Crippen LogP contribution is 2.32. The molecule has 2 N–H and O–H groups in total. The van der Waals surface area contributed by atoms with Gasteiger partial charge in [-0.2, -0.15) is 0 Å². The molecule has 2 atom stereocenters. The first-order chi connectivity index (χ1) is 28.6. The average Bonchev–Trinajstić information content (AvgIpc) is 3.22. The second-order valence-corrected chi connectivity index (χ2v) is 18.5. The molecule has 2 unspecified atom stereocenters. The van der Waals surface area contributed by atoms with E-state index in [0.717, 1.165) is 38.5 Å². The molecule has 2 rings (SSSR count). The summed E-state index contributed by atoms with van der Waals surface area (Å²) >= 11 is 0. The lowest BCUT2D eigenvalue weighted by atomic mass is 9.88. The number of phenols is 2. The Labute approximate surface area is 362 Å². The number of phenolic OH excluding ortho intramolecular Hbond substituents is 2. The molecular weight excluding hydrogens is 733 g/mol. The van der Waals surface area contributed by atoms with E-state index in [1.165, 1.54) is 152 Å². The van der Waals surface area contributed by atoms with E-state index >= 15 is 0 Å². The average molecular weight is 821 g/mol. The van der Waals surface area contributed by atoms with E-state index in [1.54, 1.807) is 12.1 Å². The number of rotatable bonds is 38. The summed E-state index contributed by atoms with van der Waals surface area (Å²) in [4.78, 5) is 24.9. The fourth-order valence-electron chi connectivity index (χ4n) is 8.33. The van der Waals surface area contributed by atoms with E-state index in [9.17, 15) is 19.8 Å². The number of hydrogen-bond acceptors (Lipinski definition) is 6. The first kappa shape index (κ1) is 52.1. The Kier molecular flexibility index (Phi) is 29.7. The number of benzene rings is 2. The van der Waals surface area contributed by atoms with Crippen molar-refractivity contribution >= 4 is 11.9 Å². The Hall–Kier alpha value is -3.02. The quantitative estimate of drug-likeness (QED) is 0.0518. The Morgan fingerprint density at radius 1 is 0.475 bits per heavy atom. The molecule has 0 radical (unpaired) electrons. The van der Waals surface area contributed by atoms with Crippen LogP contribution in [0.4, 0.5) is 0 Å². The summed E-state index contributed by atoms with van der Waals surface area (Å²) in [5.74, 6) is 1.44. The lowest BCUT2D eigenvalue weighted by molar-refractivity contribution is -0.152. The van der Waals surface area contributed by atoms with Gasteiger partial charge < -0.3 is 19.7 Å². The maximum Gasteiger partial charge on any atom is 0.305 e. The lowest BCUT2D eigenvalue weighted by Gasteiger charge is -2.23. The summed E-state index contributed by atoms with van der Waals surface area (Å²) in [5, 5.41) is 20.1. The summed E-state index contributed by atoms with van der Waals surface area (Å²) in [6, 6.07) is 15.7. The number of esters is 2. The minimum Gasteiger partial charge on any atom is -0.508 e. The predicted octanol–water partition coefficient (Wildman–Crippen LogP) is 15.8. The molecule has 0 spiro atoms. The van der Waals surface area contributed by atoms with Gasteiger partial charge in [-0.05, 0) is 85.8 Å². The second-order valence-electron chi connectivity index (χ2n) is 18.5. The molecule has 0 amide bonds. The minimum absolute atomic E-state index is 0.166. The van der Waals surface area contributed by atoms with Gasteiger partial charge in [-0.25, -0.2) is 0 Å². The molecule has 0 aromatic heterocycles. The largest absolute Gasteiger partial charge is 0.508 e. The van der Waals surface area contributed by atoms with Crippen molar-refractivity contribution in [1.82, 2.24) is 0 Å². The molecule has 0 saturated heterocycles. The highest BCUT2D eigenvalue weighted by atomic mass is 16.5. The van der Waals surface area contributed by atoms with Gasteiger partial charge in [0.15, 0.2) is 0 Å². The Bertz CT molecular complexity index is 1240. The number of carbonyl (C=O) groups excluding carboxylic acids is 2. The summed E-state index contributed by atoms with van der Waals surface area (Å²) < 4.78 is 11.2. The molecule has 0 bridgehead atoms. The smallest absolute Gasteiger partial charge is 0.305 e. The van der Waals surface area contributed by atoms with E-state index in [2.05, 4.69) is 26.0 Å². The monoisotopic (exact) mass is 821 g/mol. The SMILES string of the molecule is CCCCCCCCC(CCCCCCCCC(=O)OCC(C)(C)COC(=O)CCCCCCCCC(CCCCCCCC)c1cccc(O)c1)c1cccc(O)c1. The Balaban J connectivity index is 1.49. The molecule has 6 nitrogen and oxygen atoms in total. The summed E-state index contributed by atoms with van der Waals surface area (Å²) in [7, 11) is 0. The third kappa shape index (κ3) is 27.4. The van der Waals surface area contributed by atoms with Crippen molar-refractivity contribution in [3.8, 4) is 11.5 Å². The standard InChI is InChI=1S/C53H88O6/c1-5-7-9-11-17-23-31-45(47-35-29-37-49(54)41-47)33-25-19-13-15-21-27-39-51(56)58-43-53(3,4)44-59-52(57)40-28-22-16-14-20-26-34-46(32-24-18-12-10-8-6-2)48-36-30-38-50(55)42-48/h29-30,35-38,41-42,45-46,54-55H,5-28,31-34,39-40,43-44H2,1-4H3. The Morgan fingerprint density at radius 2 is 0.780 bits per heavy atom. The van der Waals surface area contributed by atoms with E-state index in [4.69, 9.17) is 9.47 Å². The van der Waals surface area contributed by atoms with E-state index in [0.29, 0.717) is 36.2 Å². The molecule has 0 aliphatic carbocycles. The molecule has 2 aromatic rings. The van der Waals surface area contributed by atoms with E-state index < -0.39 is 5.41 Å². The number of ether oxygens (including phenoxy) is 2. The van der Waals surface area contributed by atoms with Crippen molar-refractivity contribution in [2.24, 2.45) is 5.41 Å². The maximum atomic E-state index is 12.5. The first-order valence-electron chi connectivity index (χ1n) is 24.5. The fraction of sp³-hybridized carbons (Fsp3) is 0.736. The van der Waals surface area contributed by atoms with Crippen molar-refractivity contribution in [1.29, 1.82) is 0 Å². The molecule has 0 aliphatic rings. The van der Waals surface area contributed by atoms with Crippen molar-refractivity contribution in [2.75, 3.05) is 13.2 Å². The molecule has 2 aromatic carbocycles. The molecule has 336 valence electrons. The van der Waals surface area contributed by atoms with Gasteiger partial charge in [-0.15, -0.1) is 0 Å². The maximum absolute atomic E-state index is 12.5. The topological polar surface area (TPSA) is 93.1 Å². The predicted molar refractivity (Wildman–Crippen MR) is 247 cm³/mol. The molecular formula is C53H88O6. The van der Waals surface area contributed by atoms with Crippen LogP contribution in [0.2, 0.25) is 0 Å². The fourth-order valence-corrected chi connectivity index (χ4v) is 8.33. The van der Waals surface area contributed by atoms with Gasteiger partial charge in [-0.1, -0.05) is 193 Å². The van der Waals surface area contributed by atoms with Crippen LogP contribution in [0.5, 0.6) is 11.5 Å². The molecule has 59 heavy (non-hydrogen) atoms. The molecule has 0 saturated carbocycles. The van der Waals surface area contributed by atoms with Gasteiger partial charge in [0.2, 0.25) is 0 Å². The van der Waals surface area contributed by atoms with E-state index in [-0.39, 0.29) is 25.2 Å². The zero-order valence-electron chi connectivity index (χ0n) is 38.4. The molecule has 0 fully saturated rings. The highest BCUT2D eigenvalue weighted by molar-refractivity contribution is 5.69. The van der Waals surface area contributed by atoms with Crippen LogP contribution in [0.1, 0.15) is 243 Å². The molecule has 0 aliphatic heterocycles. The molecule has 6 heteroatoms. The van der Waals surface area contributed by atoms with Gasteiger partial charge in [0.25, 0.3) is 0 Å². The van der Waals surface area contributed by atoms with Crippen LogP contribution in [0.15, 0.2) is 48.5 Å². The normalized spacial score (nSPS) is 12.7. The van der Waals surface area contributed by atoms with Crippen LogP contribution in [0, 0.1) is 5.41 Å². The van der Waals surface area contributed by atoms with Crippen LogP contribution in [0.3, 0.4) is 0 Å². The van der Waals surface area contributed by atoms with Crippen LogP contribution in [0.25, 0.3) is 0 Å². The van der Waals surface area contributed by atoms with Crippen LogP contribution in [-0.4, -0.2) is 35.4 Å². The number of unbranched alkanes of at least 4 members (excludes halogenated alkanes) is 20. The zero-order chi connectivity index (χ0) is 42.8. The third-order valence-corrected chi connectivity index (χ3v) is 12.1. The number of aromatic hydroxyl groups is 2. The van der Waals surface area contributed by atoms with Gasteiger partial charge in [0.05, 0.1) is 13.2 Å². The van der Waals surface area contributed by atoms with Gasteiger partial charge in [0, 0.05) is 18.3 Å². The highest BCUT2D eigenvalue weighted by Gasteiger charge is 2.23. The van der Waals surface area contributed by atoms with Crippen molar-refractivity contribution in [2.45, 2.75) is 232 Å². The summed E-state index contributed by atoms with van der Waals surface area (Å²) in [5.41, 5.74) is 2.14. The van der Waals surface area contributed by atoms with Crippen molar-refractivity contribution < 1.29 is 29.3 Å². The minimum atomic E-state index is -0.415. The van der Waals surface area contributed by atoms with Gasteiger partial charge in [0.1, 0.15) is 11.5 Å². The summed E-state index contributed by atoms with van der Waals surface area (Å²) in [6.45, 7) is 8.98. The lowest BCUT2D eigenvalue weighted by Crippen LogP contribution is -2.28. The van der Waals surface area contributed by atoms with Crippen LogP contribution >= 0.6 is 0 Å². The third-order valence-electron chi connectivity index (χ3n) is 12.1. The van der Waals surface area contributed by atoms with Crippen LogP contribution in [-0.2, 0) is 19.1 Å². The first-order valence-corrected chi connectivity index (χ1v) is 24.5. The zero-order valence-corrected chi connectivity index (χ0v) is 38.4. The van der Waals surface area contributed by atoms with Gasteiger partial charge >= 0.3 is 11.9 Å². The number of carbonyl (C=O) groups is 2. The molecule has 0 heterocycles. The van der Waals surface area contributed by atoms with Crippen molar-refractivity contribution in [3.05, 3.63) is 59.7 Å².